The lowest BCUT2D eigenvalue weighted by molar-refractivity contribution is -0.142. The van der Waals surface area contributed by atoms with E-state index in [1.807, 2.05) is 0 Å². The van der Waals surface area contributed by atoms with Crippen molar-refractivity contribution in [2.45, 2.75) is 89.6 Å². The number of rotatable bonds is 5. The van der Waals surface area contributed by atoms with Crippen molar-refractivity contribution in [1.29, 1.82) is 0 Å². The van der Waals surface area contributed by atoms with E-state index in [0.717, 1.165) is 61.9 Å². The SMILES string of the molecule is CCCCC1CCC(c2cc(C(F)(F)F)n3nc(C(=O)N4CCCCCC4)cc3n2)CC1. The predicted octanol–water partition coefficient (Wildman–Crippen LogP) is 6.23. The van der Waals surface area contributed by atoms with Crippen LogP contribution in [0.15, 0.2) is 12.1 Å². The number of carbonyl (C=O) groups excluding carboxylic acids is 1. The summed E-state index contributed by atoms with van der Waals surface area (Å²) in [5.41, 5.74) is -0.209. The summed E-state index contributed by atoms with van der Waals surface area (Å²) in [7, 11) is 0. The molecule has 2 aromatic rings. The number of aromatic nitrogens is 3. The molecule has 0 bridgehead atoms. The largest absolute Gasteiger partial charge is 0.433 e. The molecule has 0 atom stereocenters. The summed E-state index contributed by atoms with van der Waals surface area (Å²) >= 11 is 0. The first-order chi connectivity index (χ1) is 15.4. The van der Waals surface area contributed by atoms with Gasteiger partial charge in [0, 0.05) is 30.8 Å². The normalized spacial score (nSPS) is 22.8. The summed E-state index contributed by atoms with van der Waals surface area (Å²) in [6, 6.07) is 2.58. The number of hydrogen-bond donors (Lipinski definition) is 0. The molecule has 2 aromatic heterocycles. The highest BCUT2D eigenvalue weighted by Crippen LogP contribution is 2.39. The van der Waals surface area contributed by atoms with Crippen LogP contribution in [0.3, 0.4) is 0 Å². The number of hydrogen-bond acceptors (Lipinski definition) is 3. The van der Waals surface area contributed by atoms with Crippen molar-refractivity contribution >= 4 is 11.6 Å². The van der Waals surface area contributed by atoms with Crippen LogP contribution < -0.4 is 0 Å². The molecule has 0 N–H and O–H groups in total. The zero-order chi connectivity index (χ0) is 22.7. The summed E-state index contributed by atoms with van der Waals surface area (Å²) in [4.78, 5) is 19.2. The Kier molecular flexibility index (Phi) is 7.05. The second kappa shape index (κ2) is 9.79. The van der Waals surface area contributed by atoms with E-state index >= 15 is 0 Å². The van der Waals surface area contributed by atoms with Gasteiger partial charge in [0.2, 0.25) is 0 Å². The third kappa shape index (κ3) is 5.09. The zero-order valence-electron chi connectivity index (χ0n) is 18.8. The number of halogens is 3. The molecular formula is C24H33F3N4O. The average molecular weight is 451 g/mol. The monoisotopic (exact) mass is 450 g/mol. The number of amides is 1. The van der Waals surface area contributed by atoms with E-state index in [2.05, 4.69) is 17.0 Å². The smallest absolute Gasteiger partial charge is 0.337 e. The van der Waals surface area contributed by atoms with Crippen molar-refractivity contribution in [1.82, 2.24) is 19.5 Å². The molecule has 32 heavy (non-hydrogen) atoms. The topological polar surface area (TPSA) is 50.5 Å². The Morgan fingerprint density at radius 1 is 1.06 bits per heavy atom. The first kappa shape index (κ1) is 23.1. The lowest BCUT2D eigenvalue weighted by Gasteiger charge is -2.28. The van der Waals surface area contributed by atoms with Crippen LogP contribution in [0.1, 0.15) is 105 Å². The predicted molar refractivity (Wildman–Crippen MR) is 117 cm³/mol. The van der Waals surface area contributed by atoms with Gasteiger partial charge in [0.1, 0.15) is 5.69 Å². The molecule has 0 spiro atoms. The number of likely N-dealkylation sites (tertiary alicyclic amines) is 1. The molecule has 0 radical (unpaired) electrons. The third-order valence-corrected chi connectivity index (χ3v) is 7.08. The van der Waals surface area contributed by atoms with Crippen molar-refractivity contribution in [2.24, 2.45) is 5.92 Å². The fourth-order valence-electron chi connectivity index (χ4n) is 5.18. The zero-order valence-corrected chi connectivity index (χ0v) is 18.8. The minimum atomic E-state index is -4.57. The van der Waals surface area contributed by atoms with E-state index < -0.39 is 11.9 Å². The van der Waals surface area contributed by atoms with E-state index in [1.54, 1.807) is 4.90 Å². The van der Waals surface area contributed by atoms with E-state index in [1.165, 1.54) is 25.3 Å². The van der Waals surface area contributed by atoms with Gasteiger partial charge < -0.3 is 4.90 Å². The fraction of sp³-hybridized carbons (Fsp3) is 0.708. The Hall–Kier alpha value is -2.12. The average Bonchev–Trinajstić information content (AvgIpc) is 3.02. The first-order valence-electron chi connectivity index (χ1n) is 12.1. The number of fused-ring (bicyclic) bond motifs is 1. The quantitative estimate of drug-likeness (QED) is 0.543. The minimum absolute atomic E-state index is 0.0265. The molecule has 0 unspecified atom stereocenters. The number of unbranched alkanes of at least 4 members (excludes halogenated alkanes) is 1. The van der Waals surface area contributed by atoms with Crippen molar-refractivity contribution in [2.75, 3.05) is 13.1 Å². The molecule has 5 nitrogen and oxygen atoms in total. The summed E-state index contributed by atoms with van der Waals surface area (Å²) in [5.74, 6) is 0.395. The lowest BCUT2D eigenvalue weighted by atomic mass is 9.78. The van der Waals surface area contributed by atoms with Gasteiger partial charge in [-0.2, -0.15) is 18.3 Å². The van der Waals surface area contributed by atoms with E-state index in [-0.39, 0.29) is 23.2 Å². The van der Waals surface area contributed by atoms with Crippen LogP contribution in [0.5, 0.6) is 0 Å². The summed E-state index contributed by atoms with van der Waals surface area (Å²) in [6.45, 7) is 3.43. The number of nitrogens with zero attached hydrogens (tertiary/aromatic N) is 4. The Morgan fingerprint density at radius 2 is 1.75 bits per heavy atom. The Bertz CT molecular complexity index is 923. The Labute approximate surface area is 187 Å². The van der Waals surface area contributed by atoms with Gasteiger partial charge in [0.25, 0.3) is 5.91 Å². The highest BCUT2D eigenvalue weighted by molar-refractivity contribution is 5.93. The molecule has 176 valence electrons. The fourth-order valence-corrected chi connectivity index (χ4v) is 5.18. The van der Waals surface area contributed by atoms with Gasteiger partial charge in [0.15, 0.2) is 11.3 Å². The molecule has 1 aliphatic carbocycles. The first-order valence-corrected chi connectivity index (χ1v) is 12.1. The molecule has 1 aliphatic heterocycles. The molecule has 1 amide bonds. The molecule has 2 fully saturated rings. The van der Waals surface area contributed by atoms with Gasteiger partial charge in [-0.1, -0.05) is 39.0 Å². The maximum Gasteiger partial charge on any atom is 0.433 e. The van der Waals surface area contributed by atoms with Crippen molar-refractivity contribution in [3.05, 3.63) is 29.2 Å². The molecule has 4 rings (SSSR count). The second-order valence-corrected chi connectivity index (χ2v) is 9.43. The number of carbonyl (C=O) groups is 1. The maximum atomic E-state index is 13.9. The van der Waals surface area contributed by atoms with Gasteiger partial charge in [-0.25, -0.2) is 9.50 Å². The summed E-state index contributed by atoms with van der Waals surface area (Å²) in [6.07, 6.45) is 6.79. The van der Waals surface area contributed by atoms with Gasteiger partial charge in [-0.15, -0.1) is 0 Å². The summed E-state index contributed by atoms with van der Waals surface area (Å²) < 4.78 is 42.5. The van der Waals surface area contributed by atoms with E-state index in [9.17, 15) is 18.0 Å². The third-order valence-electron chi connectivity index (χ3n) is 7.08. The molecule has 2 aliphatic rings. The van der Waals surface area contributed by atoms with Crippen LogP contribution >= 0.6 is 0 Å². The van der Waals surface area contributed by atoms with Crippen LogP contribution in [0.2, 0.25) is 0 Å². The molecule has 1 saturated heterocycles. The second-order valence-electron chi connectivity index (χ2n) is 9.43. The molecule has 0 aromatic carbocycles. The van der Waals surface area contributed by atoms with Crippen LogP contribution in [0.4, 0.5) is 13.2 Å². The highest BCUT2D eigenvalue weighted by atomic mass is 19.4. The van der Waals surface area contributed by atoms with Gasteiger partial charge in [0.05, 0.1) is 0 Å². The minimum Gasteiger partial charge on any atom is -0.337 e. The van der Waals surface area contributed by atoms with Gasteiger partial charge in [-0.05, 0) is 50.5 Å². The Balaban J connectivity index is 1.61. The van der Waals surface area contributed by atoms with Gasteiger partial charge in [-0.3, -0.25) is 4.79 Å². The summed E-state index contributed by atoms with van der Waals surface area (Å²) in [5, 5.41) is 4.06. The van der Waals surface area contributed by atoms with E-state index in [0.29, 0.717) is 24.7 Å². The number of alkyl halides is 3. The standard InChI is InChI=1S/C24H33F3N4O/c1-2-3-8-17-9-11-18(12-10-17)19-15-21(24(25,26)27)31-22(28-19)16-20(29-31)23(32)30-13-6-4-5-7-14-30/h15-18H,2-14H2,1H3. The van der Waals surface area contributed by atoms with Crippen LogP contribution in [-0.4, -0.2) is 38.5 Å². The van der Waals surface area contributed by atoms with E-state index in [4.69, 9.17) is 0 Å². The van der Waals surface area contributed by atoms with Crippen molar-refractivity contribution < 1.29 is 18.0 Å². The molecule has 8 heteroatoms. The Morgan fingerprint density at radius 3 is 2.38 bits per heavy atom. The van der Waals surface area contributed by atoms with Crippen LogP contribution in [0.25, 0.3) is 5.65 Å². The molecule has 1 saturated carbocycles. The van der Waals surface area contributed by atoms with Crippen molar-refractivity contribution in [3.8, 4) is 0 Å². The van der Waals surface area contributed by atoms with Crippen LogP contribution in [0, 0.1) is 5.92 Å². The lowest BCUT2D eigenvalue weighted by Crippen LogP contribution is -2.32. The van der Waals surface area contributed by atoms with Gasteiger partial charge >= 0.3 is 6.18 Å². The molecular weight excluding hydrogens is 417 g/mol. The highest BCUT2D eigenvalue weighted by Gasteiger charge is 2.37. The maximum absolute atomic E-state index is 13.9. The van der Waals surface area contributed by atoms with Crippen LogP contribution in [-0.2, 0) is 6.18 Å². The van der Waals surface area contributed by atoms with Crippen molar-refractivity contribution in [3.63, 3.8) is 0 Å². The molecule has 3 heterocycles.